The Labute approximate surface area is 111 Å². The molecule has 88 valence electrons. The van der Waals surface area contributed by atoms with Crippen molar-refractivity contribution in [3.05, 3.63) is 63.4 Å². The highest BCUT2D eigenvalue weighted by atomic mass is 79.9. The summed E-state index contributed by atoms with van der Waals surface area (Å²) in [6.07, 6.45) is 0. The zero-order chi connectivity index (χ0) is 12.4. The second kappa shape index (κ2) is 5.01. The van der Waals surface area contributed by atoms with Crippen LogP contribution in [0.3, 0.4) is 0 Å². The number of halogens is 1. The number of aryl methyl sites for hydroxylation is 3. The van der Waals surface area contributed by atoms with E-state index in [4.69, 9.17) is 0 Å². The summed E-state index contributed by atoms with van der Waals surface area (Å²) in [5, 5.41) is 0. The van der Waals surface area contributed by atoms with E-state index in [1.807, 2.05) is 0 Å². The number of nitrogens with zero attached hydrogens (tertiary/aromatic N) is 1. The molecule has 0 bridgehead atoms. The molecule has 0 aliphatic carbocycles. The minimum atomic E-state index is 0.928. The molecule has 0 spiro atoms. The Morgan fingerprint density at radius 3 is 2.24 bits per heavy atom. The molecule has 1 heterocycles. The largest absolute Gasteiger partial charge is 0.196 e. The van der Waals surface area contributed by atoms with Crippen LogP contribution in [0.2, 0.25) is 0 Å². The topological polar surface area (TPSA) is 3.88 Å². The van der Waals surface area contributed by atoms with E-state index < -0.39 is 0 Å². The highest BCUT2D eigenvalue weighted by Gasteiger charge is 2.12. The van der Waals surface area contributed by atoms with Gasteiger partial charge in [-0.05, 0) is 24.6 Å². The third kappa shape index (κ3) is 2.95. The summed E-state index contributed by atoms with van der Waals surface area (Å²) >= 11 is 3.51. The van der Waals surface area contributed by atoms with Gasteiger partial charge in [-0.25, -0.2) is 0 Å². The normalized spacial score (nSPS) is 10.6. The van der Waals surface area contributed by atoms with Crippen LogP contribution in [-0.2, 0) is 6.54 Å². The molecule has 0 unspecified atom stereocenters. The third-order valence-corrected chi connectivity index (χ3v) is 3.45. The van der Waals surface area contributed by atoms with Crippen molar-refractivity contribution in [2.45, 2.75) is 27.3 Å². The van der Waals surface area contributed by atoms with Crippen molar-refractivity contribution in [3.63, 3.8) is 0 Å². The van der Waals surface area contributed by atoms with Gasteiger partial charge in [0.25, 0.3) is 0 Å². The predicted octanol–water partition coefficient (Wildman–Crippen LogP) is 3.71. The second-order valence-corrected chi connectivity index (χ2v) is 5.45. The summed E-state index contributed by atoms with van der Waals surface area (Å²) in [7, 11) is 0. The van der Waals surface area contributed by atoms with Gasteiger partial charge in [0.15, 0.2) is 17.9 Å². The minimum absolute atomic E-state index is 0.928. The quantitative estimate of drug-likeness (QED) is 0.743. The SMILES string of the molecule is Cc1cc(C)[n+](Cc2cccc(Br)c2)c(C)c1. The van der Waals surface area contributed by atoms with Crippen molar-refractivity contribution in [2.24, 2.45) is 0 Å². The average Bonchev–Trinajstić information content (AvgIpc) is 2.23. The van der Waals surface area contributed by atoms with Crippen molar-refractivity contribution in [1.82, 2.24) is 0 Å². The summed E-state index contributed by atoms with van der Waals surface area (Å²) in [5.41, 5.74) is 5.26. The number of hydrogen-bond acceptors (Lipinski definition) is 0. The predicted molar refractivity (Wildman–Crippen MR) is 74.1 cm³/mol. The zero-order valence-corrected chi connectivity index (χ0v) is 12.1. The van der Waals surface area contributed by atoms with Gasteiger partial charge in [-0.15, -0.1) is 0 Å². The molecule has 0 aliphatic rings. The summed E-state index contributed by atoms with van der Waals surface area (Å²) in [4.78, 5) is 0. The van der Waals surface area contributed by atoms with E-state index in [0.29, 0.717) is 0 Å². The molecule has 2 aromatic rings. The van der Waals surface area contributed by atoms with Crippen LogP contribution in [0.4, 0.5) is 0 Å². The molecule has 2 rings (SSSR count). The Hall–Kier alpha value is -1.15. The van der Waals surface area contributed by atoms with Crippen LogP contribution in [0.5, 0.6) is 0 Å². The monoisotopic (exact) mass is 290 g/mol. The molecule has 0 atom stereocenters. The Morgan fingerprint density at radius 2 is 1.65 bits per heavy atom. The van der Waals surface area contributed by atoms with Gasteiger partial charge in [0.1, 0.15) is 0 Å². The summed E-state index contributed by atoms with van der Waals surface area (Å²) in [6, 6.07) is 12.9. The molecular weight excluding hydrogens is 274 g/mol. The number of benzene rings is 1. The maximum absolute atomic E-state index is 3.51. The second-order valence-electron chi connectivity index (χ2n) is 4.53. The Bertz CT molecular complexity index is 523. The van der Waals surface area contributed by atoms with Crippen LogP contribution < -0.4 is 4.57 Å². The van der Waals surface area contributed by atoms with Gasteiger partial charge in [0.2, 0.25) is 0 Å². The molecule has 0 aliphatic heterocycles. The first-order chi connectivity index (χ1) is 8.06. The first-order valence-corrected chi connectivity index (χ1v) is 6.58. The first kappa shape index (κ1) is 12.3. The lowest BCUT2D eigenvalue weighted by molar-refractivity contribution is -0.700. The number of aromatic nitrogens is 1. The number of pyridine rings is 1. The van der Waals surface area contributed by atoms with Gasteiger partial charge < -0.3 is 0 Å². The maximum atomic E-state index is 3.51. The molecule has 0 saturated heterocycles. The number of hydrogen-bond donors (Lipinski definition) is 0. The summed E-state index contributed by atoms with van der Waals surface area (Å²) in [5.74, 6) is 0. The van der Waals surface area contributed by atoms with E-state index in [1.54, 1.807) is 0 Å². The van der Waals surface area contributed by atoms with E-state index in [2.05, 4.69) is 77.7 Å². The van der Waals surface area contributed by atoms with Gasteiger partial charge in [0, 0.05) is 36.0 Å². The van der Waals surface area contributed by atoms with E-state index in [0.717, 1.165) is 11.0 Å². The molecule has 0 N–H and O–H groups in total. The molecule has 1 aromatic carbocycles. The number of rotatable bonds is 2. The first-order valence-electron chi connectivity index (χ1n) is 5.78. The smallest absolute Gasteiger partial charge is 0.179 e. The third-order valence-electron chi connectivity index (χ3n) is 2.95. The molecular formula is C15H17BrN+. The van der Waals surface area contributed by atoms with Gasteiger partial charge in [-0.2, -0.15) is 4.57 Å². The standard InChI is InChI=1S/C15H17BrN/c1-11-7-12(2)17(13(3)8-11)10-14-5-4-6-15(16)9-14/h4-9H,10H2,1-3H3/q+1. The fraction of sp³-hybridized carbons (Fsp3) is 0.267. The fourth-order valence-electron chi connectivity index (χ4n) is 2.20. The van der Waals surface area contributed by atoms with Gasteiger partial charge in [-0.3, -0.25) is 0 Å². The fourth-order valence-corrected chi connectivity index (χ4v) is 2.65. The molecule has 1 nitrogen and oxygen atoms in total. The maximum Gasteiger partial charge on any atom is 0.179 e. The van der Waals surface area contributed by atoms with Crippen LogP contribution in [0, 0.1) is 20.8 Å². The molecule has 0 radical (unpaired) electrons. The van der Waals surface area contributed by atoms with Crippen molar-refractivity contribution in [3.8, 4) is 0 Å². The zero-order valence-electron chi connectivity index (χ0n) is 10.5. The lowest BCUT2D eigenvalue weighted by Crippen LogP contribution is -2.40. The Balaban J connectivity index is 2.36. The molecule has 1 aromatic heterocycles. The van der Waals surface area contributed by atoms with Crippen molar-refractivity contribution < 1.29 is 4.57 Å². The lowest BCUT2D eigenvalue weighted by atomic mass is 10.1. The Kier molecular flexibility index (Phi) is 3.63. The molecule has 17 heavy (non-hydrogen) atoms. The average molecular weight is 291 g/mol. The molecule has 0 fully saturated rings. The van der Waals surface area contributed by atoms with E-state index in [9.17, 15) is 0 Å². The van der Waals surface area contributed by atoms with E-state index in [-0.39, 0.29) is 0 Å². The minimum Gasteiger partial charge on any atom is -0.196 e. The van der Waals surface area contributed by atoms with E-state index >= 15 is 0 Å². The van der Waals surface area contributed by atoms with Crippen LogP contribution in [0.1, 0.15) is 22.5 Å². The molecule has 0 amide bonds. The van der Waals surface area contributed by atoms with Gasteiger partial charge >= 0.3 is 0 Å². The van der Waals surface area contributed by atoms with Crippen molar-refractivity contribution in [1.29, 1.82) is 0 Å². The van der Waals surface area contributed by atoms with Crippen molar-refractivity contribution in [2.75, 3.05) is 0 Å². The van der Waals surface area contributed by atoms with Gasteiger partial charge in [-0.1, -0.05) is 28.1 Å². The highest BCUT2D eigenvalue weighted by Crippen LogP contribution is 2.12. The summed E-state index contributed by atoms with van der Waals surface area (Å²) < 4.78 is 3.48. The van der Waals surface area contributed by atoms with E-state index in [1.165, 1.54) is 22.5 Å². The lowest BCUT2D eigenvalue weighted by Gasteiger charge is -2.06. The van der Waals surface area contributed by atoms with Crippen LogP contribution >= 0.6 is 15.9 Å². The van der Waals surface area contributed by atoms with Crippen molar-refractivity contribution >= 4 is 15.9 Å². The Morgan fingerprint density at radius 1 is 1.00 bits per heavy atom. The van der Waals surface area contributed by atoms with Crippen LogP contribution in [-0.4, -0.2) is 0 Å². The van der Waals surface area contributed by atoms with Crippen LogP contribution in [0.15, 0.2) is 40.9 Å². The summed E-state index contributed by atoms with van der Waals surface area (Å²) in [6.45, 7) is 7.40. The van der Waals surface area contributed by atoms with Crippen LogP contribution in [0.25, 0.3) is 0 Å². The highest BCUT2D eigenvalue weighted by molar-refractivity contribution is 9.10. The van der Waals surface area contributed by atoms with Gasteiger partial charge in [0.05, 0.1) is 0 Å². The molecule has 2 heteroatoms. The molecule has 0 saturated carbocycles.